The van der Waals surface area contributed by atoms with Gasteiger partial charge in [-0.15, -0.1) is 0 Å². The highest BCUT2D eigenvalue weighted by molar-refractivity contribution is 5.95. The van der Waals surface area contributed by atoms with E-state index < -0.39 is 0 Å². The van der Waals surface area contributed by atoms with Crippen LogP contribution >= 0.6 is 0 Å². The lowest BCUT2D eigenvalue weighted by molar-refractivity contribution is 0.480. The van der Waals surface area contributed by atoms with Gasteiger partial charge in [0, 0.05) is 0 Å². The monoisotopic (exact) mass is 219 g/mol. The third kappa shape index (κ3) is 3.27. The minimum atomic E-state index is -0.388. The summed E-state index contributed by atoms with van der Waals surface area (Å²) in [4.78, 5) is 0. The maximum atomic E-state index is 7.58. The van der Waals surface area contributed by atoms with Crippen LogP contribution < -0.4 is 16.4 Å². The summed E-state index contributed by atoms with van der Waals surface area (Å²) in [5, 5.41) is 20.0. The van der Waals surface area contributed by atoms with Gasteiger partial charge in [-0.1, -0.05) is 30.3 Å². The van der Waals surface area contributed by atoms with Gasteiger partial charge in [-0.3, -0.25) is 16.1 Å². The Balaban J connectivity index is 2.72. The summed E-state index contributed by atoms with van der Waals surface area (Å²) in [6, 6.07) is 9.79. The summed E-state index contributed by atoms with van der Waals surface area (Å²) in [5.74, 6) is -0.234. The minimum Gasteiger partial charge on any atom is -0.370 e. The van der Waals surface area contributed by atoms with Crippen molar-refractivity contribution >= 4 is 11.9 Å². The molecule has 0 saturated heterocycles. The Labute approximate surface area is 95.1 Å². The second-order valence-electron chi connectivity index (χ2n) is 4.03. The van der Waals surface area contributed by atoms with E-state index in [0.29, 0.717) is 0 Å². The Morgan fingerprint density at radius 2 is 1.75 bits per heavy atom. The van der Waals surface area contributed by atoms with E-state index in [1.165, 1.54) is 0 Å². The first-order chi connectivity index (χ1) is 7.42. The van der Waals surface area contributed by atoms with Gasteiger partial charge in [-0.05, 0) is 19.4 Å². The van der Waals surface area contributed by atoms with Crippen molar-refractivity contribution in [1.82, 2.24) is 10.6 Å². The van der Waals surface area contributed by atoms with Gasteiger partial charge in [-0.25, -0.2) is 0 Å². The van der Waals surface area contributed by atoms with Gasteiger partial charge in [-0.2, -0.15) is 0 Å². The van der Waals surface area contributed by atoms with Crippen LogP contribution in [0, 0.1) is 10.8 Å². The van der Waals surface area contributed by atoms with Crippen LogP contribution in [0.25, 0.3) is 0 Å². The second-order valence-corrected chi connectivity index (χ2v) is 4.03. The normalized spacial score (nSPS) is 10.6. The van der Waals surface area contributed by atoms with Crippen LogP contribution in [0.4, 0.5) is 0 Å². The molecule has 0 heterocycles. The van der Waals surface area contributed by atoms with E-state index >= 15 is 0 Å². The number of guanidine groups is 2. The summed E-state index contributed by atoms with van der Waals surface area (Å²) in [6.07, 6.45) is 0. The maximum Gasteiger partial charge on any atom is 0.195 e. The molecule has 1 rings (SSSR count). The average molecular weight is 219 g/mol. The predicted octanol–water partition coefficient (Wildman–Crippen LogP) is 0.929. The van der Waals surface area contributed by atoms with Crippen LogP contribution in [-0.4, -0.2) is 11.9 Å². The summed E-state index contributed by atoms with van der Waals surface area (Å²) >= 11 is 0. The maximum absolute atomic E-state index is 7.58. The summed E-state index contributed by atoms with van der Waals surface area (Å²) in [6.45, 7) is 3.91. The number of rotatable bonds is 2. The zero-order chi connectivity index (χ0) is 12.2. The smallest absolute Gasteiger partial charge is 0.195 e. The second kappa shape index (κ2) is 4.65. The Bertz CT molecular complexity index is 383. The van der Waals surface area contributed by atoms with Gasteiger partial charge in [0.25, 0.3) is 0 Å². The molecule has 0 radical (unpaired) electrons. The van der Waals surface area contributed by atoms with Gasteiger partial charge in [0.05, 0.1) is 5.54 Å². The Morgan fingerprint density at radius 1 is 1.19 bits per heavy atom. The Hall–Kier alpha value is -2.04. The molecule has 0 fully saturated rings. The molecule has 0 unspecified atom stereocenters. The number of benzene rings is 1. The van der Waals surface area contributed by atoms with Crippen molar-refractivity contribution in [3.05, 3.63) is 35.9 Å². The van der Waals surface area contributed by atoms with Gasteiger partial charge in [0.2, 0.25) is 0 Å². The van der Waals surface area contributed by atoms with Crippen LogP contribution in [0.3, 0.4) is 0 Å². The molecule has 0 aliphatic carbocycles. The lowest BCUT2D eigenvalue weighted by atomic mass is 9.94. The molecular weight excluding hydrogens is 202 g/mol. The van der Waals surface area contributed by atoms with Crippen molar-refractivity contribution in [2.75, 3.05) is 0 Å². The highest BCUT2D eigenvalue weighted by atomic mass is 15.2. The van der Waals surface area contributed by atoms with Crippen LogP contribution in [0.15, 0.2) is 30.3 Å². The minimum absolute atomic E-state index is 0.0151. The van der Waals surface area contributed by atoms with E-state index in [1.807, 2.05) is 44.2 Å². The lowest BCUT2D eigenvalue weighted by Crippen LogP contribution is -2.50. The molecule has 1 aromatic rings. The first-order valence-corrected chi connectivity index (χ1v) is 4.95. The summed E-state index contributed by atoms with van der Waals surface area (Å²) in [5.41, 5.74) is 5.81. The standard InChI is InChI=1S/C11H17N5/c1-11(2,8-6-4-3-5-7-8)16-10(14)15-9(12)13/h3-7H,1-2H3,(H6,12,13,14,15,16). The number of nitrogens with one attached hydrogen (secondary N) is 4. The molecule has 0 spiro atoms. The third-order valence-electron chi connectivity index (χ3n) is 2.19. The average Bonchev–Trinajstić information content (AvgIpc) is 2.16. The molecule has 0 atom stereocenters. The van der Waals surface area contributed by atoms with Crippen LogP contribution in [0.2, 0.25) is 0 Å². The molecule has 0 aliphatic rings. The first-order valence-electron chi connectivity index (χ1n) is 4.95. The summed E-state index contributed by atoms with van der Waals surface area (Å²) < 4.78 is 0. The number of hydrogen-bond donors (Lipinski definition) is 5. The van der Waals surface area contributed by atoms with Crippen molar-refractivity contribution in [1.29, 1.82) is 10.8 Å². The molecule has 0 aliphatic heterocycles. The highest BCUT2D eigenvalue weighted by Gasteiger charge is 2.20. The Morgan fingerprint density at radius 3 is 2.25 bits per heavy atom. The topological polar surface area (TPSA) is 97.8 Å². The fourth-order valence-electron chi connectivity index (χ4n) is 1.41. The fourth-order valence-corrected chi connectivity index (χ4v) is 1.41. The predicted molar refractivity (Wildman–Crippen MR) is 65.4 cm³/mol. The van der Waals surface area contributed by atoms with Gasteiger partial charge < -0.3 is 11.1 Å². The SMILES string of the molecule is CC(C)(NC(=N)NC(=N)N)c1ccccc1. The zero-order valence-corrected chi connectivity index (χ0v) is 9.46. The van der Waals surface area contributed by atoms with Crippen LogP contribution in [-0.2, 0) is 5.54 Å². The lowest BCUT2D eigenvalue weighted by Gasteiger charge is -2.28. The summed E-state index contributed by atoms with van der Waals surface area (Å²) in [7, 11) is 0. The number of hydrogen-bond acceptors (Lipinski definition) is 2. The van der Waals surface area contributed by atoms with Crippen molar-refractivity contribution in [2.24, 2.45) is 5.73 Å². The first kappa shape index (κ1) is 12.0. The molecule has 5 heteroatoms. The molecule has 5 nitrogen and oxygen atoms in total. The quantitative estimate of drug-likeness (QED) is 0.378. The van der Waals surface area contributed by atoms with Crippen LogP contribution in [0.1, 0.15) is 19.4 Å². The largest absolute Gasteiger partial charge is 0.370 e. The molecule has 0 aromatic heterocycles. The third-order valence-corrected chi connectivity index (χ3v) is 2.19. The highest BCUT2D eigenvalue weighted by Crippen LogP contribution is 2.18. The number of nitrogens with two attached hydrogens (primary N) is 1. The molecule has 0 bridgehead atoms. The molecule has 6 N–H and O–H groups in total. The zero-order valence-electron chi connectivity index (χ0n) is 9.46. The van der Waals surface area contributed by atoms with E-state index in [2.05, 4.69) is 10.6 Å². The van der Waals surface area contributed by atoms with E-state index in [0.717, 1.165) is 5.56 Å². The van der Waals surface area contributed by atoms with Crippen molar-refractivity contribution in [2.45, 2.75) is 19.4 Å². The molecular formula is C11H17N5. The van der Waals surface area contributed by atoms with E-state index in [4.69, 9.17) is 16.6 Å². The van der Waals surface area contributed by atoms with E-state index in [1.54, 1.807) is 0 Å². The van der Waals surface area contributed by atoms with Gasteiger partial charge in [0.15, 0.2) is 11.9 Å². The van der Waals surface area contributed by atoms with Gasteiger partial charge >= 0.3 is 0 Å². The van der Waals surface area contributed by atoms with Crippen molar-refractivity contribution < 1.29 is 0 Å². The fraction of sp³-hybridized carbons (Fsp3) is 0.273. The molecule has 86 valence electrons. The van der Waals surface area contributed by atoms with E-state index in [-0.39, 0.29) is 17.5 Å². The van der Waals surface area contributed by atoms with Gasteiger partial charge in [0.1, 0.15) is 0 Å². The van der Waals surface area contributed by atoms with Crippen molar-refractivity contribution in [3.8, 4) is 0 Å². The molecule has 16 heavy (non-hydrogen) atoms. The van der Waals surface area contributed by atoms with E-state index in [9.17, 15) is 0 Å². The molecule has 1 aromatic carbocycles. The molecule has 0 saturated carbocycles. The Kier molecular flexibility index (Phi) is 3.50. The van der Waals surface area contributed by atoms with Crippen LogP contribution in [0.5, 0.6) is 0 Å². The molecule has 0 amide bonds. The van der Waals surface area contributed by atoms with Crippen molar-refractivity contribution in [3.63, 3.8) is 0 Å².